The number of hydrogen-bond donors (Lipinski definition) is 1. The van der Waals surface area contributed by atoms with Gasteiger partial charge in [-0.1, -0.05) is 11.6 Å². The normalized spacial score (nSPS) is 12.4. The molecule has 0 aliphatic heterocycles. The van der Waals surface area contributed by atoms with Gasteiger partial charge in [0.1, 0.15) is 5.75 Å². The largest absolute Gasteiger partial charge is 0.483 e. The zero-order valence-electron chi connectivity index (χ0n) is 12.0. The van der Waals surface area contributed by atoms with Crippen LogP contribution in [0, 0.1) is 18.6 Å². The number of aromatic amines is 1. The first-order chi connectivity index (χ1) is 9.43. The van der Waals surface area contributed by atoms with E-state index in [1.807, 2.05) is 44.4 Å². The summed E-state index contributed by atoms with van der Waals surface area (Å²) in [5.41, 5.74) is 2.01. The SMILES string of the molecule is CCn1c([C@@H](C)Oc2cc(C)c(Cl)c(C)c2)n[nH]c1=S. The number of H-pyrrole nitrogens is 1. The molecule has 1 atom stereocenters. The maximum atomic E-state index is 6.16. The maximum Gasteiger partial charge on any atom is 0.195 e. The van der Waals surface area contributed by atoms with E-state index in [4.69, 9.17) is 28.6 Å². The second-order valence-electron chi connectivity index (χ2n) is 4.76. The summed E-state index contributed by atoms with van der Waals surface area (Å²) >= 11 is 11.3. The van der Waals surface area contributed by atoms with Gasteiger partial charge in [0.25, 0.3) is 0 Å². The van der Waals surface area contributed by atoms with Gasteiger partial charge in [-0.25, -0.2) is 0 Å². The Balaban J connectivity index is 2.28. The molecule has 0 bridgehead atoms. The topological polar surface area (TPSA) is 42.8 Å². The highest BCUT2D eigenvalue weighted by Gasteiger charge is 2.15. The van der Waals surface area contributed by atoms with Gasteiger partial charge >= 0.3 is 0 Å². The summed E-state index contributed by atoms with van der Waals surface area (Å²) in [6.45, 7) is 8.68. The molecular formula is C14H18ClN3OS. The molecule has 20 heavy (non-hydrogen) atoms. The van der Waals surface area contributed by atoms with Gasteiger partial charge < -0.3 is 9.30 Å². The molecule has 1 aromatic heterocycles. The number of aryl methyl sites for hydroxylation is 2. The number of hydrogen-bond acceptors (Lipinski definition) is 3. The van der Waals surface area contributed by atoms with E-state index in [-0.39, 0.29) is 6.10 Å². The maximum absolute atomic E-state index is 6.16. The lowest BCUT2D eigenvalue weighted by molar-refractivity contribution is 0.210. The molecule has 0 spiro atoms. The van der Waals surface area contributed by atoms with E-state index < -0.39 is 0 Å². The summed E-state index contributed by atoms with van der Waals surface area (Å²) in [5.74, 6) is 1.58. The summed E-state index contributed by atoms with van der Waals surface area (Å²) < 4.78 is 8.50. The number of benzene rings is 1. The number of ether oxygens (including phenoxy) is 1. The van der Waals surface area contributed by atoms with Gasteiger partial charge in [-0.15, -0.1) is 0 Å². The van der Waals surface area contributed by atoms with Crippen molar-refractivity contribution in [3.05, 3.63) is 38.9 Å². The standard InChI is InChI=1S/C14H18ClN3OS/c1-5-18-13(16-17-14(18)20)10(4)19-11-6-8(2)12(15)9(3)7-11/h6-7,10H,5H2,1-4H3,(H,17,20)/t10-/m1/s1. The number of nitrogens with one attached hydrogen (secondary N) is 1. The molecule has 4 nitrogen and oxygen atoms in total. The van der Waals surface area contributed by atoms with Crippen LogP contribution in [0.25, 0.3) is 0 Å². The van der Waals surface area contributed by atoms with Crippen molar-refractivity contribution in [1.29, 1.82) is 0 Å². The van der Waals surface area contributed by atoms with Crippen LogP contribution in [-0.2, 0) is 6.54 Å². The number of halogens is 1. The average molecular weight is 312 g/mol. The first kappa shape index (κ1) is 15.1. The fraction of sp³-hybridized carbons (Fsp3) is 0.429. The fourth-order valence-corrected chi connectivity index (χ4v) is 2.55. The van der Waals surface area contributed by atoms with Gasteiger partial charge in [0.2, 0.25) is 0 Å². The van der Waals surface area contributed by atoms with E-state index in [9.17, 15) is 0 Å². The molecule has 1 heterocycles. The predicted molar refractivity (Wildman–Crippen MR) is 83.1 cm³/mol. The van der Waals surface area contributed by atoms with Crippen molar-refractivity contribution in [2.75, 3.05) is 0 Å². The minimum absolute atomic E-state index is 0.192. The lowest BCUT2D eigenvalue weighted by Gasteiger charge is -2.16. The Labute approximate surface area is 128 Å². The first-order valence-corrected chi connectivity index (χ1v) is 7.31. The molecule has 0 radical (unpaired) electrons. The highest BCUT2D eigenvalue weighted by Crippen LogP contribution is 2.28. The van der Waals surface area contributed by atoms with Crippen molar-refractivity contribution in [3.63, 3.8) is 0 Å². The second-order valence-corrected chi connectivity index (χ2v) is 5.53. The first-order valence-electron chi connectivity index (χ1n) is 6.52. The summed E-state index contributed by atoms with van der Waals surface area (Å²) in [6, 6.07) is 3.87. The van der Waals surface area contributed by atoms with Crippen LogP contribution in [0.3, 0.4) is 0 Å². The van der Waals surface area contributed by atoms with Crippen LogP contribution in [0.1, 0.15) is 36.9 Å². The number of rotatable bonds is 4. The lowest BCUT2D eigenvalue weighted by atomic mass is 10.1. The Bertz CT molecular complexity index is 654. The summed E-state index contributed by atoms with van der Waals surface area (Å²) in [7, 11) is 0. The van der Waals surface area contributed by atoms with Gasteiger partial charge in [0, 0.05) is 11.6 Å². The molecule has 0 aliphatic rings. The minimum atomic E-state index is -0.192. The van der Waals surface area contributed by atoms with Crippen molar-refractivity contribution in [2.24, 2.45) is 0 Å². The van der Waals surface area contributed by atoms with Crippen LogP contribution in [0.2, 0.25) is 5.02 Å². The van der Waals surface area contributed by atoms with Gasteiger partial charge in [0.05, 0.1) is 0 Å². The van der Waals surface area contributed by atoms with Crippen LogP contribution in [0.4, 0.5) is 0 Å². The number of nitrogens with zero attached hydrogens (tertiary/aromatic N) is 2. The van der Waals surface area contributed by atoms with Crippen molar-refractivity contribution in [1.82, 2.24) is 14.8 Å². The average Bonchev–Trinajstić information content (AvgIpc) is 2.77. The van der Waals surface area contributed by atoms with Crippen LogP contribution in [-0.4, -0.2) is 14.8 Å². The van der Waals surface area contributed by atoms with E-state index >= 15 is 0 Å². The highest BCUT2D eigenvalue weighted by molar-refractivity contribution is 7.71. The van der Waals surface area contributed by atoms with Crippen LogP contribution >= 0.6 is 23.8 Å². The van der Waals surface area contributed by atoms with Crippen molar-refractivity contribution in [3.8, 4) is 5.75 Å². The van der Waals surface area contributed by atoms with Gasteiger partial charge in [0.15, 0.2) is 16.7 Å². The van der Waals surface area contributed by atoms with Crippen molar-refractivity contribution < 1.29 is 4.74 Å². The molecule has 0 aliphatic carbocycles. The highest BCUT2D eigenvalue weighted by atomic mass is 35.5. The Morgan fingerprint density at radius 3 is 2.55 bits per heavy atom. The molecule has 0 saturated heterocycles. The van der Waals surface area contributed by atoms with Crippen molar-refractivity contribution >= 4 is 23.8 Å². The quantitative estimate of drug-likeness (QED) is 0.853. The molecule has 2 rings (SSSR count). The Morgan fingerprint density at radius 1 is 1.40 bits per heavy atom. The molecule has 0 saturated carbocycles. The van der Waals surface area contributed by atoms with Gasteiger partial charge in [-0.2, -0.15) is 5.10 Å². The fourth-order valence-electron chi connectivity index (χ4n) is 2.18. The third-order valence-corrected chi connectivity index (χ3v) is 4.10. The zero-order valence-corrected chi connectivity index (χ0v) is 13.6. The third-order valence-electron chi connectivity index (χ3n) is 3.19. The summed E-state index contributed by atoms with van der Waals surface area (Å²) in [5, 5.41) is 7.82. The Morgan fingerprint density at radius 2 is 2.00 bits per heavy atom. The second kappa shape index (κ2) is 5.97. The van der Waals surface area contributed by atoms with Crippen molar-refractivity contribution in [2.45, 2.75) is 40.3 Å². The minimum Gasteiger partial charge on any atom is -0.483 e. The van der Waals surface area contributed by atoms with Crippen LogP contribution in [0.15, 0.2) is 12.1 Å². The lowest BCUT2D eigenvalue weighted by Crippen LogP contribution is -2.11. The smallest absolute Gasteiger partial charge is 0.195 e. The van der Waals surface area contributed by atoms with E-state index in [0.29, 0.717) is 4.77 Å². The summed E-state index contributed by atoms with van der Waals surface area (Å²) in [6.07, 6.45) is -0.192. The molecule has 108 valence electrons. The molecular weight excluding hydrogens is 294 g/mol. The number of aromatic nitrogens is 3. The molecule has 0 unspecified atom stereocenters. The Kier molecular flexibility index (Phi) is 4.50. The van der Waals surface area contributed by atoms with E-state index in [1.54, 1.807) is 0 Å². The monoisotopic (exact) mass is 311 g/mol. The van der Waals surface area contributed by atoms with Gasteiger partial charge in [-0.05, 0) is 63.2 Å². The zero-order chi connectivity index (χ0) is 14.9. The third kappa shape index (κ3) is 2.88. The molecule has 0 fully saturated rings. The summed E-state index contributed by atoms with van der Waals surface area (Å²) in [4.78, 5) is 0. The van der Waals surface area contributed by atoms with Crippen LogP contribution < -0.4 is 4.74 Å². The molecule has 0 amide bonds. The molecule has 1 aromatic carbocycles. The molecule has 2 aromatic rings. The molecule has 6 heteroatoms. The Hall–Kier alpha value is -1.33. The van der Waals surface area contributed by atoms with Gasteiger partial charge in [-0.3, -0.25) is 5.10 Å². The molecule has 1 N–H and O–H groups in total. The van der Waals surface area contributed by atoms with E-state index in [0.717, 1.165) is 34.3 Å². The van der Waals surface area contributed by atoms with Crippen LogP contribution in [0.5, 0.6) is 5.75 Å². The van der Waals surface area contributed by atoms with E-state index in [2.05, 4.69) is 10.2 Å². The predicted octanol–water partition coefficient (Wildman–Crippen LogP) is 4.37. The van der Waals surface area contributed by atoms with E-state index in [1.165, 1.54) is 0 Å².